The maximum atomic E-state index is 14.1. The molecule has 0 radical (unpaired) electrons. The van der Waals surface area contributed by atoms with Crippen LogP contribution in [0.2, 0.25) is 0 Å². The number of methoxy groups -OCH3 is 1. The van der Waals surface area contributed by atoms with Crippen molar-refractivity contribution in [2.45, 2.75) is 0 Å². The summed E-state index contributed by atoms with van der Waals surface area (Å²) in [5.41, 5.74) is 4.93. The molecule has 0 amide bonds. The number of hydrogen-bond donors (Lipinski definition) is 2. The topological polar surface area (TPSA) is 89.2 Å². The van der Waals surface area contributed by atoms with E-state index in [0.29, 0.717) is 28.7 Å². The van der Waals surface area contributed by atoms with Crippen LogP contribution in [-0.4, -0.2) is 31.3 Å². The fraction of sp³-hybridized carbons (Fsp3) is 0.0690. The van der Waals surface area contributed by atoms with Gasteiger partial charge >= 0.3 is 0 Å². The summed E-state index contributed by atoms with van der Waals surface area (Å²) < 4.78 is 8.62. The first kappa shape index (κ1) is 22.4. The van der Waals surface area contributed by atoms with Crippen molar-refractivity contribution in [1.29, 1.82) is 0 Å². The van der Waals surface area contributed by atoms with Gasteiger partial charge in [0.1, 0.15) is 22.9 Å². The van der Waals surface area contributed by atoms with E-state index in [4.69, 9.17) is 9.84 Å². The maximum Gasteiger partial charge on any atom is 0.284 e. The highest BCUT2D eigenvalue weighted by Gasteiger charge is 2.23. The molecule has 182 valence electrons. The second-order valence-electron chi connectivity index (χ2n) is 8.61. The van der Waals surface area contributed by atoms with Gasteiger partial charge in [-0.15, -0.1) is 0 Å². The molecule has 0 spiro atoms. The normalized spacial score (nSPS) is 11.1. The molecule has 0 saturated heterocycles. The molecule has 8 nitrogen and oxygen atoms in total. The third kappa shape index (κ3) is 3.94. The number of rotatable bonds is 6. The number of aromatic amines is 1. The Balaban J connectivity index is 1.68. The van der Waals surface area contributed by atoms with Gasteiger partial charge in [0.15, 0.2) is 0 Å². The summed E-state index contributed by atoms with van der Waals surface area (Å²) >= 11 is 0. The Morgan fingerprint density at radius 3 is 2.11 bits per heavy atom. The first-order chi connectivity index (χ1) is 18.1. The number of aromatic nitrogens is 5. The van der Waals surface area contributed by atoms with Crippen LogP contribution < -0.4 is 15.6 Å². The standard InChI is InChI=1S/C29H24N6O2/c1-34-18-17-30-29(34)32-26-24(20-13-15-22(37-2)16-14-20)28(36)35-27(31-26)23(19-9-5-3-6-10-19)25(33-35)21-11-7-4-8-12-21/h3-18,31H,1-2H3,(H,30,32). The largest absolute Gasteiger partial charge is 0.497 e. The van der Waals surface area contributed by atoms with Gasteiger partial charge in [0.25, 0.3) is 5.56 Å². The number of imidazole rings is 1. The maximum absolute atomic E-state index is 14.1. The van der Waals surface area contributed by atoms with Crippen LogP contribution in [0.25, 0.3) is 39.2 Å². The summed E-state index contributed by atoms with van der Waals surface area (Å²) in [6.07, 6.45) is 3.54. The lowest BCUT2D eigenvalue weighted by Crippen LogP contribution is -2.20. The number of nitrogens with one attached hydrogen (secondary N) is 2. The zero-order valence-corrected chi connectivity index (χ0v) is 20.3. The van der Waals surface area contributed by atoms with Crippen molar-refractivity contribution >= 4 is 17.4 Å². The highest BCUT2D eigenvalue weighted by atomic mass is 16.5. The van der Waals surface area contributed by atoms with Gasteiger partial charge in [-0.1, -0.05) is 72.8 Å². The number of benzene rings is 3. The van der Waals surface area contributed by atoms with E-state index in [-0.39, 0.29) is 5.56 Å². The molecule has 0 atom stereocenters. The smallest absolute Gasteiger partial charge is 0.284 e. The molecule has 8 heteroatoms. The van der Waals surface area contributed by atoms with Gasteiger partial charge < -0.3 is 19.6 Å². The first-order valence-electron chi connectivity index (χ1n) is 11.8. The van der Waals surface area contributed by atoms with Crippen molar-refractivity contribution in [2.24, 2.45) is 7.05 Å². The highest BCUT2D eigenvalue weighted by Crippen LogP contribution is 2.36. The number of anilines is 2. The van der Waals surface area contributed by atoms with Gasteiger partial charge in [-0.2, -0.15) is 9.61 Å². The fourth-order valence-electron chi connectivity index (χ4n) is 4.47. The Kier molecular flexibility index (Phi) is 5.54. The van der Waals surface area contributed by atoms with E-state index in [1.807, 2.05) is 103 Å². The summed E-state index contributed by atoms with van der Waals surface area (Å²) in [6.45, 7) is 0. The fourth-order valence-corrected chi connectivity index (χ4v) is 4.47. The van der Waals surface area contributed by atoms with E-state index in [2.05, 4.69) is 15.3 Å². The molecule has 37 heavy (non-hydrogen) atoms. The molecular weight excluding hydrogens is 464 g/mol. The van der Waals surface area contributed by atoms with Crippen LogP contribution in [0.3, 0.4) is 0 Å². The molecule has 3 aromatic carbocycles. The lowest BCUT2D eigenvalue weighted by Gasteiger charge is -2.13. The molecule has 6 rings (SSSR count). The predicted molar refractivity (Wildman–Crippen MR) is 145 cm³/mol. The van der Waals surface area contributed by atoms with Crippen LogP contribution in [0, 0.1) is 0 Å². The van der Waals surface area contributed by atoms with Gasteiger partial charge in [-0.3, -0.25) is 4.79 Å². The molecule has 3 aromatic heterocycles. The first-order valence-corrected chi connectivity index (χ1v) is 11.8. The Morgan fingerprint density at radius 1 is 0.838 bits per heavy atom. The van der Waals surface area contributed by atoms with Gasteiger partial charge in [0.2, 0.25) is 5.95 Å². The van der Waals surface area contributed by atoms with Crippen LogP contribution in [-0.2, 0) is 7.05 Å². The van der Waals surface area contributed by atoms with E-state index >= 15 is 0 Å². The van der Waals surface area contributed by atoms with Gasteiger partial charge in [0.05, 0.1) is 18.2 Å². The Labute approximate surface area is 212 Å². The van der Waals surface area contributed by atoms with E-state index in [0.717, 1.165) is 27.9 Å². The van der Waals surface area contributed by atoms with Crippen molar-refractivity contribution in [3.63, 3.8) is 0 Å². The second-order valence-corrected chi connectivity index (χ2v) is 8.61. The van der Waals surface area contributed by atoms with Gasteiger partial charge in [0, 0.05) is 25.0 Å². The molecular formula is C29H24N6O2. The van der Waals surface area contributed by atoms with Crippen LogP contribution in [0.15, 0.2) is 102 Å². The molecule has 0 saturated carbocycles. The molecule has 0 aliphatic carbocycles. The molecule has 6 aromatic rings. The van der Waals surface area contributed by atoms with E-state index in [9.17, 15) is 4.79 Å². The molecule has 0 bridgehead atoms. The summed E-state index contributed by atoms with van der Waals surface area (Å²) in [6, 6.07) is 27.2. The van der Waals surface area contributed by atoms with Crippen LogP contribution in [0.5, 0.6) is 5.75 Å². The average molecular weight is 489 g/mol. The zero-order valence-electron chi connectivity index (χ0n) is 20.3. The van der Waals surface area contributed by atoms with Crippen LogP contribution in [0.1, 0.15) is 0 Å². The Morgan fingerprint density at radius 2 is 1.49 bits per heavy atom. The number of hydrogen-bond acceptors (Lipinski definition) is 5. The number of aryl methyl sites for hydroxylation is 1. The number of ether oxygens (including phenoxy) is 1. The third-order valence-electron chi connectivity index (χ3n) is 6.33. The monoisotopic (exact) mass is 488 g/mol. The minimum Gasteiger partial charge on any atom is -0.497 e. The average Bonchev–Trinajstić information content (AvgIpc) is 3.53. The summed E-state index contributed by atoms with van der Waals surface area (Å²) in [5.74, 6) is 1.82. The lowest BCUT2D eigenvalue weighted by molar-refractivity contribution is 0.415. The second kappa shape index (κ2) is 9.16. The number of H-pyrrole nitrogens is 1. The van der Waals surface area contributed by atoms with Crippen molar-refractivity contribution in [2.75, 3.05) is 12.4 Å². The van der Waals surface area contributed by atoms with Crippen molar-refractivity contribution in [3.8, 4) is 39.3 Å². The van der Waals surface area contributed by atoms with E-state index in [1.165, 1.54) is 4.52 Å². The molecule has 3 heterocycles. The summed E-state index contributed by atoms with van der Waals surface area (Å²) in [7, 11) is 3.50. The van der Waals surface area contributed by atoms with Crippen LogP contribution >= 0.6 is 0 Å². The van der Waals surface area contributed by atoms with Crippen molar-refractivity contribution in [1.82, 2.24) is 24.1 Å². The third-order valence-corrected chi connectivity index (χ3v) is 6.33. The molecule has 0 fully saturated rings. The molecule has 2 N–H and O–H groups in total. The van der Waals surface area contributed by atoms with Gasteiger partial charge in [-0.25, -0.2) is 4.98 Å². The van der Waals surface area contributed by atoms with E-state index < -0.39 is 0 Å². The molecule has 0 aliphatic rings. The van der Waals surface area contributed by atoms with E-state index in [1.54, 1.807) is 13.3 Å². The summed E-state index contributed by atoms with van der Waals surface area (Å²) in [5, 5.41) is 8.17. The minimum atomic E-state index is -0.255. The van der Waals surface area contributed by atoms with Crippen molar-refractivity contribution in [3.05, 3.63) is 108 Å². The minimum absolute atomic E-state index is 0.255. The number of fused-ring (bicyclic) bond motifs is 1. The summed E-state index contributed by atoms with van der Waals surface area (Å²) in [4.78, 5) is 22.0. The Bertz CT molecular complexity index is 1750. The molecule has 0 aliphatic heterocycles. The highest BCUT2D eigenvalue weighted by molar-refractivity contribution is 5.92. The van der Waals surface area contributed by atoms with Crippen molar-refractivity contribution < 1.29 is 4.74 Å². The van der Waals surface area contributed by atoms with Crippen LogP contribution in [0.4, 0.5) is 11.8 Å². The SMILES string of the molecule is COc1ccc(-c2c(Nc3nccn3C)[nH]c3c(-c4ccccc4)c(-c4ccccc4)nn3c2=O)cc1. The Hall–Kier alpha value is -5.11. The predicted octanol–water partition coefficient (Wildman–Crippen LogP) is 5.51. The lowest BCUT2D eigenvalue weighted by atomic mass is 10.0. The number of nitrogens with zero attached hydrogens (tertiary/aromatic N) is 4. The van der Waals surface area contributed by atoms with Gasteiger partial charge in [-0.05, 0) is 23.3 Å². The zero-order chi connectivity index (χ0) is 25.4. The molecule has 0 unspecified atom stereocenters. The quantitative estimate of drug-likeness (QED) is 0.323.